The second-order valence-corrected chi connectivity index (χ2v) is 7.03. The SMILES string of the molecule is CSc1nc2nc(C)c(CC(=O)NCCOc3ccc(C)cc3)c(C)n2n1. The third kappa shape index (κ3) is 4.57. The van der Waals surface area contributed by atoms with Crippen LogP contribution in [0.15, 0.2) is 29.4 Å². The van der Waals surface area contributed by atoms with Crippen molar-refractivity contribution in [2.75, 3.05) is 19.4 Å². The summed E-state index contributed by atoms with van der Waals surface area (Å²) in [5.74, 6) is 1.29. The fourth-order valence-corrected chi connectivity index (χ4v) is 3.09. The number of carbonyl (C=O) groups is 1. The van der Waals surface area contributed by atoms with Gasteiger partial charge in [0, 0.05) is 17.0 Å². The molecule has 0 aliphatic rings. The second-order valence-electron chi connectivity index (χ2n) is 6.26. The summed E-state index contributed by atoms with van der Waals surface area (Å²) in [4.78, 5) is 21.2. The zero-order chi connectivity index (χ0) is 19.4. The maximum absolute atomic E-state index is 12.3. The predicted molar refractivity (Wildman–Crippen MR) is 105 cm³/mol. The van der Waals surface area contributed by atoms with Crippen molar-refractivity contribution in [3.63, 3.8) is 0 Å². The molecular formula is C19H23N5O2S. The fraction of sp³-hybridized carbons (Fsp3) is 0.368. The third-order valence-electron chi connectivity index (χ3n) is 4.26. The molecule has 0 unspecified atom stereocenters. The van der Waals surface area contributed by atoms with Crippen LogP contribution in [-0.2, 0) is 11.2 Å². The van der Waals surface area contributed by atoms with E-state index in [-0.39, 0.29) is 12.3 Å². The van der Waals surface area contributed by atoms with Crippen LogP contribution in [0, 0.1) is 20.8 Å². The van der Waals surface area contributed by atoms with E-state index < -0.39 is 0 Å². The predicted octanol–water partition coefficient (Wildman–Crippen LogP) is 2.51. The molecule has 0 aliphatic carbocycles. The van der Waals surface area contributed by atoms with Gasteiger partial charge in [-0.3, -0.25) is 4.79 Å². The Labute approximate surface area is 162 Å². The van der Waals surface area contributed by atoms with E-state index in [1.54, 1.807) is 4.52 Å². The number of rotatable bonds is 7. The van der Waals surface area contributed by atoms with Crippen molar-refractivity contribution >= 4 is 23.4 Å². The lowest BCUT2D eigenvalue weighted by Crippen LogP contribution is -2.30. The number of aromatic nitrogens is 4. The highest BCUT2D eigenvalue weighted by atomic mass is 32.2. The zero-order valence-corrected chi connectivity index (χ0v) is 16.8. The monoisotopic (exact) mass is 385 g/mol. The molecule has 0 saturated carbocycles. The molecule has 3 aromatic rings. The minimum atomic E-state index is -0.0694. The van der Waals surface area contributed by atoms with E-state index in [1.807, 2.05) is 51.3 Å². The Morgan fingerprint density at radius 1 is 1.19 bits per heavy atom. The average molecular weight is 385 g/mol. The first kappa shape index (κ1) is 19.2. The summed E-state index contributed by atoms with van der Waals surface area (Å²) in [7, 11) is 0. The van der Waals surface area contributed by atoms with Crippen LogP contribution in [0.5, 0.6) is 5.75 Å². The number of amides is 1. The van der Waals surface area contributed by atoms with Gasteiger partial charge in [0.05, 0.1) is 13.0 Å². The number of nitrogens with one attached hydrogen (secondary N) is 1. The van der Waals surface area contributed by atoms with Crippen molar-refractivity contribution < 1.29 is 9.53 Å². The molecule has 7 nitrogen and oxygen atoms in total. The Balaban J connectivity index is 1.58. The molecule has 0 atom stereocenters. The van der Waals surface area contributed by atoms with Crippen LogP contribution >= 0.6 is 11.8 Å². The topological polar surface area (TPSA) is 81.4 Å². The molecule has 0 bridgehead atoms. The van der Waals surface area contributed by atoms with Crippen molar-refractivity contribution in [2.24, 2.45) is 0 Å². The van der Waals surface area contributed by atoms with Gasteiger partial charge in [0.1, 0.15) is 12.4 Å². The van der Waals surface area contributed by atoms with Gasteiger partial charge in [-0.2, -0.15) is 4.98 Å². The zero-order valence-electron chi connectivity index (χ0n) is 15.9. The van der Waals surface area contributed by atoms with Gasteiger partial charge >= 0.3 is 0 Å². The van der Waals surface area contributed by atoms with Crippen LogP contribution in [0.3, 0.4) is 0 Å². The molecule has 27 heavy (non-hydrogen) atoms. The number of carbonyl (C=O) groups excluding carboxylic acids is 1. The number of thioether (sulfide) groups is 1. The summed E-state index contributed by atoms with van der Waals surface area (Å²) in [5, 5.41) is 7.97. The van der Waals surface area contributed by atoms with Crippen LogP contribution in [-0.4, -0.2) is 44.9 Å². The molecule has 0 spiro atoms. The first-order valence-electron chi connectivity index (χ1n) is 8.71. The van der Waals surface area contributed by atoms with E-state index in [1.165, 1.54) is 17.3 Å². The number of hydrogen-bond acceptors (Lipinski definition) is 6. The van der Waals surface area contributed by atoms with Crippen molar-refractivity contribution in [2.45, 2.75) is 32.3 Å². The normalized spacial score (nSPS) is 11.0. The molecule has 0 radical (unpaired) electrons. The molecule has 0 fully saturated rings. The maximum Gasteiger partial charge on any atom is 0.253 e. The van der Waals surface area contributed by atoms with Crippen LogP contribution in [0.1, 0.15) is 22.5 Å². The van der Waals surface area contributed by atoms with Gasteiger partial charge in [0.25, 0.3) is 5.78 Å². The highest BCUT2D eigenvalue weighted by molar-refractivity contribution is 7.98. The van der Waals surface area contributed by atoms with Gasteiger partial charge in [0.15, 0.2) is 0 Å². The van der Waals surface area contributed by atoms with E-state index in [0.717, 1.165) is 22.7 Å². The fourth-order valence-electron chi connectivity index (χ4n) is 2.75. The first-order valence-corrected chi connectivity index (χ1v) is 9.93. The summed E-state index contributed by atoms with van der Waals surface area (Å²) in [6.07, 6.45) is 2.17. The Morgan fingerprint density at radius 3 is 2.63 bits per heavy atom. The summed E-state index contributed by atoms with van der Waals surface area (Å²) < 4.78 is 7.33. The van der Waals surface area contributed by atoms with E-state index >= 15 is 0 Å². The minimum absolute atomic E-state index is 0.0694. The van der Waals surface area contributed by atoms with Crippen molar-refractivity contribution in [3.8, 4) is 5.75 Å². The van der Waals surface area contributed by atoms with E-state index in [4.69, 9.17) is 4.74 Å². The Kier molecular flexibility index (Phi) is 5.95. The molecule has 0 aliphatic heterocycles. The molecule has 2 aromatic heterocycles. The third-order valence-corrected chi connectivity index (χ3v) is 4.80. The molecule has 1 N–H and O–H groups in total. The van der Waals surface area contributed by atoms with Gasteiger partial charge in [-0.25, -0.2) is 9.50 Å². The molecular weight excluding hydrogens is 362 g/mol. The molecule has 8 heteroatoms. The van der Waals surface area contributed by atoms with E-state index in [2.05, 4.69) is 20.4 Å². The quantitative estimate of drug-likeness (QED) is 0.497. The molecule has 2 heterocycles. The summed E-state index contributed by atoms with van der Waals surface area (Å²) in [6.45, 7) is 6.72. The highest BCUT2D eigenvalue weighted by Gasteiger charge is 2.15. The van der Waals surface area contributed by atoms with Crippen LogP contribution in [0.4, 0.5) is 0 Å². The highest BCUT2D eigenvalue weighted by Crippen LogP contribution is 2.17. The lowest BCUT2D eigenvalue weighted by Gasteiger charge is -2.11. The van der Waals surface area contributed by atoms with E-state index in [9.17, 15) is 4.79 Å². The number of hydrogen-bond donors (Lipinski definition) is 1. The standard InChI is InChI=1S/C19H23N5O2S/c1-12-5-7-15(8-6-12)26-10-9-20-17(25)11-16-13(2)21-18-22-19(27-4)23-24(18)14(16)3/h5-8H,9-11H2,1-4H3,(H,20,25). The van der Waals surface area contributed by atoms with Crippen molar-refractivity contribution in [1.29, 1.82) is 0 Å². The van der Waals surface area contributed by atoms with Crippen LogP contribution < -0.4 is 10.1 Å². The van der Waals surface area contributed by atoms with Gasteiger partial charge < -0.3 is 10.1 Å². The summed E-state index contributed by atoms with van der Waals surface area (Å²) >= 11 is 1.47. The number of fused-ring (bicyclic) bond motifs is 1. The van der Waals surface area contributed by atoms with Crippen LogP contribution in [0.2, 0.25) is 0 Å². The number of nitrogens with zero attached hydrogens (tertiary/aromatic N) is 4. The molecule has 1 amide bonds. The van der Waals surface area contributed by atoms with Gasteiger partial charge in [0.2, 0.25) is 11.1 Å². The van der Waals surface area contributed by atoms with Crippen molar-refractivity contribution in [3.05, 3.63) is 46.8 Å². The maximum atomic E-state index is 12.3. The number of aryl methyl sites for hydroxylation is 3. The van der Waals surface area contributed by atoms with Crippen molar-refractivity contribution in [1.82, 2.24) is 24.9 Å². The smallest absolute Gasteiger partial charge is 0.253 e. The Morgan fingerprint density at radius 2 is 1.93 bits per heavy atom. The Hall–Kier alpha value is -2.61. The van der Waals surface area contributed by atoms with Gasteiger partial charge in [-0.1, -0.05) is 29.5 Å². The average Bonchev–Trinajstić information content (AvgIpc) is 3.07. The lowest BCUT2D eigenvalue weighted by molar-refractivity contribution is -0.120. The summed E-state index contributed by atoms with van der Waals surface area (Å²) in [5.41, 5.74) is 3.74. The van der Waals surface area contributed by atoms with Gasteiger partial charge in [-0.05, 0) is 39.2 Å². The first-order chi connectivity index (χ1) is 13.0. The molecule has 3 rings (SSSR count). The number of benzene rings is 1. The minimum Gasteiger partial charge on any atom is -0.492 e. The lowest BCUT2D eigenvalue weighted by atomic mass is 10.1. The molecule has 1 aromatic carbocycles. The molecule has 0 saturated heterocycles. The summed E-state index contributed by atoms with van der Waals surface area (Å²) in [6, 6.07) is 7.84. The van der Waals surface area contributed by atoms with Crippen LogP contribution in [0.25, 0.3) is 5.78 Å². The Bertz CT molecular complexity index is 953. The number of ether oxygens (including phenoxy) is 1. The van der Waals surface area contributed by atoms with Gasteiger partial charge in [-0.15, -0.1) is 5.10 Å². The van der Waals surface area contributed by atoms with E-state index in [0.29, 0.717) is 24.1 Å². The largest absolute Gasteiger partial charge is 0.492 e. The second kappa shape index (κ2) is 8.39. The molecule has 142 valence electrons.